The van der Waals surface area contributed by atoms with Crippen LogP contribution in [0.2, 0.25) is 5.02 Å². The summed E-state index contributed by atoms with van der Waals surface area (Å²) in [6.45, 7) is 1.71. The molecule has 1 fully saturated rings. The number of likely N-dealkylation sites (N-methyl/N-ethyl adjacent to an activating group) is 1. The van der Waals surface area contributed by atoms with Crippen molar-refractivity contribution in [1.29, 1.82) is 0 Å². The molecule has 2 unspecified atom stereocenters. The van der Waals surface area contributed by atoms with Crippen LogP contribution in [0.25, 0.3) is 0 Å². The van der Waals surface area contributed by atoms with Crippen molar-refractivity contribution in [2.45, 2.75) is 38.3 Å². The average molecular weight is 257 g/mol. The van der Waals surface area contributed by atoms with Crippen molar-refractivity contribution in [3.63, 3.8) is 0 Å². The van der Waals surface area contributed by atoms with Gasteiger partial charge in [-0.1, -0.05) is 11.6 Å². The fourth-order valence-electron chi connectivity index (χ4n) is 2.53. The molecular weight excluding hydrogens is 239 g/mol. The predicted octanol–water partition coefficient (Wildman–Crippen LogP) is 3.10. The van der Waals surface area contributed by atoms with Gasteiger partial charge in [-0.3, -0.25) is 0 Å². The zero-order chi connectivity index (χ0) is 12.6. The molecule has 1 aliphatic carbocycles. The summed E-state index contributed by atoms with van der Waals surface area (Å²) in [5, 5.41) is 0.588. The SMILES string of the molecule is Cc1cc(Cl)c(N(C)C2CCCC2N)cc1F. The van der Waals surface area contributed by atoms with E-state index in [2.05, 4.69) is 0 Å². The van der Waals surface area contributed by atoms with Gasteiger partial charge in [0.2, 0.25) is 0 Å². The summed E-state index contributed by atoms with van der Waals surface area (Å²) in [6, 6.07) is 3.58. The van der Waals surface area contributed by atoms with E-state index in [4.69, 9.17) is 17.3 Å². The Hall–Kier alpha value is -0.800. The van der Waals surface area contributed by atoms with Crippen molar-refractivity contribution in [3.8, 4) is 0 Å². The Morgan fingerprint density at radius 2 is 2.12 bits per heavy atom. The number of rotatable bonds is 2. The van der Waals surface area contributed by atoms with Gasteiger partial charge in [-0.2, -0.15) is 0 Å². The monoisotopic (exact) mass is 256 g/mol. The Bertz CT molecular complexity index is 422. The summed E-state index contributed by atoms with van der Waals surface area (Å²) in [4.78, 5) is 2.02. The molecule has 1 saturated carbocycles. The van der Waals surface area contributed by atoms with Crippen molar-refractivity contribution in [2.75, 3.05) is 11.9 Å². The fraction of sp³-hybridized carbons (Fsp3) is 0.538. The molecule has 0 heterocycles. The maximum atomic E-state index is 13.6. The Morgan fingerprint density at radius 1 is 1.41 bits per heavy atom. The minimum Gasteiger partial charge on any atom is -0.369 e. The number of hydrogen-bond acceptors (Lipinski definition) is 2. The van der Waals surface area contributed by atoms with Crippen LogP contribution in [0.15, 0.2) is 12.1 Å². The van der Waals surface area contributed by atoms with Crippen molar-refractivity contribution in [3.05, 3.63) is 28.5 Å². The van der Waals surface area contributed by atoms with E-state index >= 15 is 0 Å². The van der Waals surface area contributed by atoms with Crippen molar-refractivity contribution in [1.82, 2.24) is 0 Å². The second-order valence-corrected chi connectivity index (χ2v) is 5.23. The molecule has 0 aromatic heterocycles. The molecule has 0 bridgehead atoms. The molecule has 2 nitrogen and oxygen atoms in total. The van der Waals surface area contributed by atoms with E-state index in [9.17, 15) is 4.39 Å². The predicted molar refractivity (Wildman–Crippen MR) is 70.2 cm³/mol. The van der Waals surface area contributed by atoms with Crippen molar-refractivity contribution >= 4 is 17.3 Å². The highest BCUT2D eigenvalue weighted by Gasteiger charge is 2.28. The van der Waals surface area contributed by atoms with E-state index in [-0.39, 0.29) is 17.9 Å². The van der Waals surface area contributed by atoms with Gasteiger partial charge < -0.3 is 10.6 Å². The highest BCUT2D eigenvalue weighted by molar-refractivity contribution is 6.33. The van der Waals surface area contributed by atoms with Crippen LogP contribution < -0.4 is 10.6 Å². The molecule has 94 valence electrons. The van der Waals surface area contributed by atoms with Crippen LogP contribution in [0.4, 0.5) is 10.1 Å². The number of benzene rings is 1. The molecule has 2 atom stereocenters. The Balaban J connectivity index is 2.30. The third kappa shape index (κ3) is 2.40. The topological polar surface area (TPSA) is 29.3 Å². The normalized spacial score (nSPS) is 24.1. The van der Waals surface area contributed by atoms with Gasteiger partial charge >= 0.3 is 0 Å². The maximum Gasteiger partial charge on any atom is 0.128 e. The zero-order valence-electron chi connectivity index (χ0n) is 10.2. The largest absolute Gasteiger partial charge is 0.369 e. The van der Waals surface area contributed by atoms with Gasteiger partial charge in [0.1, 0.15) is 5.82 Å². The first kappa shape index (κ1) is 12.7. The van der Waals surface area contributed by atoms with E-state index in [1.165, 1.54) is 6.07 Å². The van der Waals surface area contributed by atoms with E-state index < -0.39 is 0 Å². The minimum atomic E-state index is -0.220. The van der Waals surface area contributed by atoms with Gasteiger partial charge in [0.25, 0.3) is 0 Å². The molecule has 2 N–H and O–H groups in total. The lowest BCUT2D eigenvalue weighted by atomic mass is 10.1. The van der Waals surface area contributed by atoms with Crippen LogP contribution in [0.5, 0.6) is 0 Å². The zero-order valence-corrected chi connectivity index (χ0v) is 11.0. The summed E-state index contributed by atoms with van der Waals surface area (Å²) in [5.74, 6) is -0.220. The van der Waals surface area contributed by atoms with Gasteiger partial charge in [0, 0.05) is 19.1 Å². The van der Waals surface area contributed by atoms with Crippen LogP contribution in [0, 0.1) is 12.7 Å². The lowest BCUT2D eigenvalue weighted by Gasteiger charge is -2.30. The molecule has 0 spiro atoms. The molecule has 1 aliphatic rings. The van der Waals surface area contributed by atoms with Gasteiger partial charge in [-0.25, -0.2) is 4.39 Å². The Labute approximate surface area is 107 Å². The lowest BCUT2D eigenvalue weighted by Crippen LogP contribution is -2.42. The Kier molecular flexibility index (Phi) is 3.59. The molecule has 0 amide bonds. The van der Waals surface area contributed by atoms with Crippen LogP contribution in [0.1, 0.15) is 24.8 Å². The van der Waals surface area contributed by atoms with E-state index in [1.807, 2.05) is 11.9 Å². The third-order valence-electron chi connectivity index (χ3n) is 3.64. The molecule has 2 rings (SSSR count). The first-order chi connectivity index (χ1) is 8.00. The smallest absolute Gasteiger partial charge is 0.128 e. The highest BCUT2D eigenvalue weighted by atomic mass is 35.5. The standard InChI is InChI=1S/C13H18ClFN2/c1-8-6-9(14)13(7-10(8)15)17(2)12-5-3-4-11(12)16/h6-7,11-12H,3-5,16H2,1-2H3. The molecule has 0 radical (unpaired) electrons. The van der Waals surface area contributed by atoms with E-state index in [0.29, 0.717) is 10.6 Å². The summed E-state index contributed by atoms with van der Waals surface area (Å²) in [6.07, 6.45) is 3.20. The van der Waals surface area contributed by atoms with Gasteiger partial charge in [0.15, 0.2) is 0 Å². The molecule has 0 saturated heterocycles. The minimum absolute atomic E-state index is 0.153. The van der Waals surface area contributed by atoms with Gasteiger partial charge in [-0.05, 0) is 43.9 Å². The number of anilines is 1. The lowest BCUT2D eigenvalue weighted by molar-refractivity contribution is 0.569. The average Bonchev–Trinajstić information content (AvgIpc) is 2.69. The molecule has 17 heavy (non-hydrogen) atoms. The molecule has 1 aromatic rings. The van der Waals surface area contributed by atoms with Gasteiger partial charge in [0.05, 0.1) is 10.7 Å². The fourth-order valence-corrected chi connectivity index (χ4v) is 2.89. The molecule has 1 aromatic carbocycles. The van der Waals surface area contributed by atoms with Crippen LogP contribution in [-0.4, -0.2) is 19.1 Å². The van der Waals surface area contributed by atoms with E-state index in [0.717, 1.165) is 24.9 Å². The molecular formula is C13H18ClFN2. The van der Waals surface area contributed by atoms with Crippen LogP contribution in [-0.2, 0) is 0 Å². The van der Waals surface area contributed by atoms with Crippen molar-refractivity contribution < 1.29 is 4.39 Å². The molecule has 0 aliphatic heterocycles. The highest BCUT2D eigenvalue weighted by Crippen LogP contribution is 2.32. The second-order valence-electron chi connectivity index (χ2n) is 4.83. The number of halogens is 2. The van der Waals surface area contributed by atoms with Crippen LogP contribution in [0.3, 0.4) is 0 Å². The summed E-state index contributed by atoms with van der Waals surface area (Å²) in [5.41, 5.74) is 7.36. The van der Waals surface area contributed by atoms with Gasteiger partial charge in [-0.15, -0.1) is 0 Å². The van der Waals surface area contributed by atoms with Crippen LogP contribution >= 0.6 is 11.6 Å². The quantitative estimate of drug-likeness (QED) is 0.881. The maximum absolute atomic E-state index is 13.6. The summed E-state index contributed by atoms with van der Waals surface area (Å²) < 4.78 is 13.6. The second kappa shape index (κ2) is 4.83. The number of nitrogens with two attached hydrogens (primary N) is 1. The molecule has 4 heteroatoms. The van der Waals surface area contributed by atoms with E-state index in [1.54, 1.807) is 13.0 Å². The first-order valence-corrected chi connectivity index (χ1v) is 6.32. The first-order valence-electron chi connectivity index (χ1n) is 5.94. The number of hydrogen-bond donors (Lipinski definition) is 1. The third-order valence-corrected chi connectivity index (χ3v) is 3.94. The van der Waals surface area contributed by atoms with Crippen molar-refractivity contribution in [2.24, 2.45) is 5.73 Å². The Morgan fingerprint density at radius 3 is 2.71 bits per heavy atom. The summed E-state index contributed by atoms with van der Waals surface area (Å²) >= 11 is 6.17. The summed E-state index contributed by atoms with van der Waals surface area (Å²) in [7, 11) is 1.94. The number of aryl methyl sites for hydroxylation is 1. The number of nitrogens with zero attached hydrogens (tertiary/aromatic N) is 1.